The van der Waals surface area contributed by atoms with Crippen LogP contribution >= 0.6 is 12.2 Å². The third kappa shape index (κ3) is 3.43. The van der Waals surface area contributed by atoms with Crippen LogP contribution in [0.25, 0.3) is 0 Å². The van der Waals surface area contributed by atoms with E-state index in [1.807, 2.05) is 0 Å². The molecule has 0 unspecified atom stereocenters. The fourth-order valence-electron chi connectivity index (χ4n) is 2.38. The molecule has 2 N–H and O–H groups in total. The summed E-state index contributed by atoms with van der Waals surface area (Å²) in [4.78, 5) is 35.5. The number of methoxy groups -OCH3 is 2. The lowest BCUT2D eigenvalue weighted by Gasteiger charge is -2.29. The van der Waals surface area contributed by atoms with Gasteiger partial charge >= 0.3 is 11.9 Å². The molecule has 1 aromatic rings. The topological polar surface area (TPSA) is 93.7 Å². The highest BCUT2D eigenvalue weighted by atomic mass is 32.1. The number of ketones is 1. The molecule has 0 amide bonds. The summed E-state index contributed by atoms with van der Waals surface area (Å²) in [6.07, 6.45) is 0. The fraction of sp³-hybridized carbons (Fsp3) is 0.250. The maximum atomic E-state index is 12.3. The molecule has 2 rings (SSSR count). The first-order valence-corrected chi connectivity index (χ1v) is 7.39. The number of carbonyl (C=O) groups is 3. The number of Topliss-reactive ketones (excluding diaryl/α,β-unsaturated/α-hetero) is 1. The summed E-state index contributed by atoms with van der Waals surface area (Å²) in [5.74, 6) is -2.19. The maximum absolute atomic E-state index is 12.3. The number of hydrogen-bond acceptors (Lipinski definition) is 6. The standard InChI is InChI=1S/C16H16N2O5S/c1-8-11(13(19)15(21)23-3)12(18-16(24)17-8)9-4-6-10(7-5-9)14(20)22-2/h4-7,12H,1-3H3,(H2,17,18,24)/t12-/m0/s1. The Bertz CT molecular complexity index is 739. The van der Waals surface area contributed by atoms with E-state index in [0.717, 1.165) is 7.11 Å². The number of carbonyl (C=O) groups excluding carboxylic acids is 3. The van der Waals surface area contributed by atoms with Gasteiger partial charge in [-0.05, 0) is 36.8 Å². The van der Waals surface area contributed by atoms with Crippen LogP contribution in [0.2, 0.25) is 0 Å². The van der Waals surface area contributed by atoms with E-state index in [-0.39, 0.29) is 5.57 Å². The first-order chi connectivity index (χ1) is 11.4. The van der Waals surface area contributed by atoms with Crippen molar-refractivity contribution in [3.63, 3.8) is 0 Å². The lowest BCUT2D eigenvalue weighted by Crippen LogP contribution is -2.46. The average Bonchev–Trinajstić information content (AvgIpc) is 2.59. The monoisotopic (exact) mass is 348 g/mol. The molecule has 0 aliphatic carbocycles. The van der Waals surface area contributed by atoms with Crippen molar-refractivity contribution in [3.05, 3.63) is 46.7 Å². The number of esters is 2. The zero-order valence-electron chi connectivity index (χ0n) is 13.3. The Balaban J connectivity index is 2.43. The molecule has 1 aromatic carbocycles. The Morgan fingerprint density at radius 3 is 2.25 bits per heavy atom. The summed E-state index contributed by atoms with van der Waals surface area (Å²) in [7, 11) is 2.44. The number of benzene rings is 1. The second kappa shape index (κ2) is 7.22. The van der Waals surface area contributed by atoms with Gasteiger partial charge in [-0.25, -0.2) is 9.59 Å². The van der Waals surface area contributed by atoms with Gasteiger partial charge in [0.05, 0.1) is 31.4 Å². The van der Waals surface area contributed by atoms with Crippen molar-refractivity contribution < 1.29 is 23.9 Å². The smallest absolute Gasteiger partial charge is 0.379 e. The third-order valence-corrected chi connectivity index (χ3v) is 3.77. The van der Waals surface area contributed by atoms with E-state index in [1.165, 1.54) is 7.11 Å². The maximum Gasteiger partial charge on any atom is 0.379 e. The Hall–Kier alpha value is -2.74. The minimum atomic E-state index is -0.961. The van der Waals surface area contributed by atoms with Gasteiger partial charge in [0.25, 0.3) is 5.78 Å². The number of allylic oxidation sites excluding steroid dienone is 1. The minimum absolute atomic E-state index is 0.210. The van der Waals surface area contributed by atoms with Gasteiger partial charge in [-0.15, -0.1) is 0 Å². The molecule has 1 aliphatic rings. The van der Waals surface area contributed by atoms with Crippen LogP contribution in [0, 0.1) is 0 Å². The first-order valence-electron chi connectivity index (χ1n) is 6.98. The molecule has 0 saturated carbocycles. The Morgan fingerprint density at radius 2 is 1.71 bits per heavy atom. The first kappa shape index (κ1) is 17.6. The van der Waals surface area contributed by atoms with Crippen molar-refractivity contribution in [1.82, 2.24) is 10.6 Å². The molecular weight excluding hydrogens is 332 g/mol. The van der Waals surface area contributed by atoms with Crippen LogP contribution in [-0.4, -0.2) is 37.1 Å². The summed E-state index contributed by atoms with van der Waals surface area (Å²) in [5, 5.41) is 6.11. The lowest BCUT2D eigenvalue weighted by molar-refractivity contribution is -0.150. The largest absolute Gasteiger partial charge is 0.465 e. The summed E-state index contributed by atoms with van der Waals surface area (Å²) in [5.41, 5.74) is 1.72. The SMILES string of the molecule is COC(=O)C(=O)C1=C(C)NC(=S)N[C@H]1c1ccc(C(=O)OC)cc1. The summed E-state index contributed by atoms with van der Waals surface area (Å²) >= 11 is 5.12. The summed E-state index contributed by atoms with van der Waals surface area (Å²) in [6.45, 7) is 1.65. The quantitative estimate of drug-likeness (QED) is 0.473. The summed E-state index contributed by atoms with van der Waals surface area (Å²) < 4.78 is 9.17. The molecule has 1 heterocycles. The molecular formula is C16H16N2O5S. The lowest BCUT2D eigenvalue weighted by atomic mass is 9.92. The van der Waals surface area contributed by atoms with Crippen molar-refractivity contribution in [3.8, 4) is 0 Å². The number of rotatable bonds is 4. The fourth-order valence-corrected chi connectivity index (χ4v) is 2.65. The van der Waals surface area contributed by atoms with Crippen LogP contribution in [0.1, 0.15) is 28.9 Å². The summed E-state index contributed by atoms with van der Waals surface area (Å²) in [6, 6.07) is 5.84. The van der Waals surface area contributed by atoms with Gasteiger partial charge in [0.1, 0.15) is 0 Å². The van der Waals surface area contributed by atoms with Crippen LogP contribution in [0.5, 0.6) is 0 Å². The highest BCUT2D eigenvalue weighted by Crippen LogP contribution is 2.28. The molecule has 8 heteroatoms. The number of nitrogens with one attached hydrogen (secondary N) is 2. The van der Waals surface area contributed by atoms with Crippen molar-refractivity contribution in [2.45, 2.75) is 13.0 Å². The molecule has 0 spiro atoms. The van der Waals surface area contributed by atoms with Crippen LogP contribution < -0.4 is 10.6 Å². The molecule has 0 radical (unpaired) electrons. The van der Waals surface area contributed by atoms with Crippen LogP contribution in [-0.2, 0) is 19.1 Å². The predicted molar refractivity (Wildman–Crippen MR) is 89.1 cm³/mol. The molecule has 0 saturated heterocycles. The van der Waals surface area contributed by atoms with E-state index in [9.17, 15) is 14.4 Å². The normalized spacial score (nSPS) is 16.8. The second-order valence-corrected chi connectivity index (χ2v) is 5.41. The molecule has 0 aromatic heterocycles. The van der Waals surface area contributed by atoms with Gasteiger partial charge in [0.2, 0.25) is 0 Å². The number of thiocarbonyl (C=S) groups is 1. The van der Waals surface area contributed by atoms with Gasteiger partial charge in [0.15, 0.2) is 5.11 Å². The molecule has 0 bridgehead atoms. The molecule has 7 nitrogen and oxygen atoms in total. The van der Waals surface area contributed by atoms with Gasteiger partial charge in [-0.2, -0.15) is 0 Å². The van der Waals surface area contributed by atoms with Crippen molar-refractivity contribution >= 4 is 35.1 Å². The van der Waals surface area contributed by atoms with Crippen LogP contribution in [0.4, 0.5) is 0 Å². The van der Waals surface area contributed by atoms with E-state index in [2.05, 4.69) is 20.1 Å². The van der Waals surface area contributed by atoms with E-state index in [0.29, 0.717) is 21.9 Å². The highest BCUT2D eigenvalue weighted by Gasteiger charge is 2.33. The van der Waals surface area contributed by atoms with E-state index in [4.69, 9.17) is 12.2 Å². The van der Waals surface area contributed by atoms with Gasteiger partial charge in [-0.1, -0.05) is 12.1 Å². The predicted octanol–water partition coefficient (Wildman–Crippen LogP) is 1.01. The Morgan fingerprint density at radius 1 is 1.08 bits per heavy atom. The average molecular weight is 348 g/mol. The van der Waals surface area contributed by atoms with Gasteiger partial charge < -0.3 is 20.1 Å². The number of ether oxygens (including phenoxy) is 2. The highest BCUT2D eigenvalue weighted by molar-refractivity contribution is 7.80. The number of hydrogen-bond donors (Lipinski definition) is 2. The molecule has 24 heavy (non-hydrogen) atoms. The van der Waals surface area contributed by atoms with Crippen LogP contribution in [0.15, 0.2) is 35.5 Å². The zero-order chi connectivity index (χ0) is 17.9. The molecule has 1 atom stereocenters. The minimum Gasteiger partial charge on any atom is -0.465 e. The van der Waals surface area contributed by atoms with Gasteiger partial charge in [0, 0.05) is 5.70 Å². The second-order valence-electron chi connectivity index (χ2n) is 5.00. The van der Waals surface area contributed by atoms with Crippen molar-refractivity contribution in [1.29, 1.82) is 0 Å². The molecule has 1 aliphatic heterocycles. The van der Waals surface area contributed by atoms with E-state index < -0.39 is 23.8 Å². The Kier molecular flexibility index (Phi) is 5.30. The van der Waals surface area contributed by atoms with Gasteiger partial charge in [-0.3, -0.25) is 4.79 Å². The molecule has 126 valence electrons. The molecule has 0 fully saturated rings. The third-order valence-electron chi connectivity index (χ3n) is 3.55. The van der Waals surface area contributed by atoms with Crippen molar-refractivity contribution in [2.75, 3.05) is 14.2 Å². The zero-order valence-corrected chi connectivity index (χ0v) is 14.2. The van der Waals surface area contributed by atoms with E-state index >= 15 is 0 Å². The van der Waals surface area contributed by atoms with Crippen LogP contribution in [0.3, 0.4) is 0 Å². The van der Waals surface area contributed by atoms with E-state index in [1.54, 1.807) is 31.2 Å². The van der Waals surface area contributed by atoms with Crippen molar-refractivity contribution in [2.24, 2.45) is 0 Å². The Labute approximate surface area is 144 Å².